The van der Waals surface area contributed by atoms with Gasteiger partial charge in [0.05, 0.1) is 19.8 Å². The molecule has 0 unspecified atom stereocenters. The highest BCUT2D eigenvalue weighted by Crippen LogP contribution is 2.44. The van der Waals surface area contributed by atoms with Crippen LogP contribution in [0.5, 0.6) is 23.0 Å². The molecule has 36 heavy (non-hydrogen) atoms. The molecule has 0 aliphatic carbocycles. The Morgan fingerprint density at radius 1 is 0.833 bits per heavy atom. The van der Waals surface area contributed by atoms with Gasteiger partial charge in [0.25, 0.3) is 0 Å². The summed E-state index contributed by atoms with van der Waals surface area (Å²) >= 11 is 0. The van der Waals surface area contributed by atoms with E-state index in [2.05, 4.69) is 23.1 Å². The topological polar surface area (TPSA) is 99.5 Å². The van der Waals surface area contributed by atoms with Gasteiger partial charge in [-0.25, -0.2) is 4.79 Å². The summed E-state index contributed by atoms with van der Waals surface area (Å²) < 4.78 is 11.1. The van der Waals surface area contributed by atoms with E-state index < -0.39 is 5.97 Å². The predicted octanol–water partition coefficient (Wildman–Crippen LogP) is 5.33. The summed E-state index contributed by atoms with van der Waals surface area (Å²) in [5.74, 6) is 0.867. The highest BCUT2D eigenvalue weighted by atomic mass is 16.5. The first-order valence-corrected chi connectivity index (χ1v) is 12.0. The first-order valence-electron chi connectivity index (χ1n) is 12.0. The number of carbonyl (C=O) groups is 1. The molecular weight excluding hydrogens is 458 g/mol. The van der Waals surface area contributed by atoms with E-state index >= 15 is 0 Å². The molecule has 7 heteroatoms. The van der Waals surface area contributed by atoms with Crippen molar-refractivity contribution in [2.45, 2.75) is 31.8 Å². The predicted molar refractivity (Wildman–Crippen MR) is 138 cm³/mol. The molecule has 0 spiro atoms. The average Bonchev–Trinajstić information content (AvgIpc) is 3.35. The molecule has 7 nitrogen and oxygen atoms in total. The number of phenolic OH excluding ortho intramolecular Hbond substituents is 2. The highest BCUT2D eigenvalue weighted by molar-refractivity contribution is 6.12. The lowest BCUT2D eigenvalue weighted by atomic mass is 9.85. The highest BCUT2D eigenvalue weighted by Gasteiger charge is 2.32. The molecule has 4 aromatic carbocycles. The minimum Gasteiger partial charge on any atom is -0.508 e. The maximum Gasteiger partial charge on any atom is 0.335 e. The van der Waals surface area contributed by atoms with Gasteiger partial charge in [0, 0.05) is 12.6 Å². The quantitative estimate of drug-likeness (QED) is 0.336. The van der Waals surface area contributed by atoms with Crippen LogP contribution in [0.3, 0.4) is 0 Å². The number of carboxylic acids is 1. The van der Waals surface area contributed by atoms with E-state index in [4.69, 9.17) is 19.7 Å². The number of rotatable bonds is 3. The zero-order chi connectivity index (χ0) is 25.4. The van der Waals surface area contributed by atoms with Crippen LogP contribution in [0.1, 0.15) is 34.3 Å². The Bertz CT molecular complexity index is 1450. The van der Waals surface area contributed by atoms with Crippen LogP contribution in [0.25, 0.3) is 21.5 Å². The maximum atomic E-state index is 10.2. The molecule has 1 saturated heterocycles. The van der Waals surface area contributed by atoms with Crippen LogP contribution < -0.4 is 9.47 Å². The van der Waals surface area contributed by atoms with E-state index in [1.807, 2.05) is 6.07 Å². The molecular formula is C29H29NO6. The van der Waals surface area contributed by atoms with E-state index in [-0.39, 0.29) is 11.3 Å². The van der Waals surface area contributed by atoms with Gasteiger partial charge in [-0.15, -0.1) is 0 Å². The summed E-state index contributed by atoms with van der Waals surface area (Å²) in [5.41, 5.74) is 3.01. The van der Waals surface area contributed by atoms with Crippen LogP contribution in [-0.4, -0.2) is 53.0 Å². The number of ether oxygens (including phenoxy) is 2. The van der Waals surface area contributed by atoms with Crippen LogP contribution in [0.2, 0.25) is 0 Å². The number of nitrogens with zero attached hydrogens (tertiary/aromatic N) is 1. The molecule has 0 radical (unpaired) electrons. The minimum atomic E-state index is -0.986. The summed E-state index contributed by atoms with van der Waals surface area (Å²) in [6.45, 7) is 2.18. The zero-order valence-electron chi connectivity index (χ0n) is 20.3. The number of hydrogen-bond donors (Lipinski definition) is 3. The smallest absolute Gasteiger partial charge is 0.335 e. The number of fused-ring (bicyclic) bond motifs is 7. The summed E-state index contributed by atoms with van der Waals surface area (Å²) in [6.07, 6.45) is 3.65. The number of methoxy groups -OCH3 is 2. The van der Waals surface area contributed by atoms with E-state index in [9.17, 15) is 9.90 Å². The molecule has 6 rings (SSSR count). The van der Waals surface area contributed by atoms with Gasteiger partial charge in [-0.1, -0.05) is 6.07 Å². The summed E-state index contributed by atoms with van der Waals surface area (Å²) in [6, 6.07) is 15.9. The second kappa shape index (κ2) is 9.59. The summed E-state index contributed by atoms with van der Waals surface area (Å²) in [4.78, 5) is 12.8. The molecule has 186 valence electrons. The third kappa shape index (κ3) is 4.27. The van der Waals surface area contributed by atoms with Crippen molar-refractivity contribution in [3.63, 3.8) is 0 Å². The van der Waals surface area contributed by atoms with Gasteiger partial charge in [-0.2, -0.15) is 0 Å². The molecule has 1 fully saturated rings. The lowest BCUT2D eigenvalue weighted by Crippen LogP contribution is -2.35. The third-order valence-corrected chi connectivity index (χ3v) is 7.25. The Hall–Kier alpha value is -3.97. The first kappa shape index (κ1) is 23.8. The van der Waals surface area contributed by atoms with Crippen molar-refractivity contribution >= 4 is 27.5 Å². The standard InChI is InChI=1S/C22H23NO3.C7H6O3/c1-25-21-10-18-16-8-13-4-3-7-23(13)12-20(16)15-6-5-14(24)9-17(15)19(18)11-22(21)26-2;8-6-3-1-5(2-4-6)7(9)10/h5-6,9-11,13,24H,3-4,7-8,12H2,1-2H3;1-4,8H,(H,9,10)/t13-;/m0./s1. The molecule has 4 aromatic rings. The first-order chi connectivity index (χ1) is 17.4. The van der Waals surface area contributed by atoms with Crippen LogP contribution in [0, 0.1) is 0 Å². The molecule has 1 atom stereocenters. The van der Waals surface area contributed by atoms with Crippen LogP contribution >= 0.6 is 0 Å². The maximum absolute atomic E-state index is 10.2. The molecule has 0 bridgehead atoms. The van der Waals surface area contributed by atoms with E-state index in [1.165, 1.54) is 65.6 Å². The van der Waals surface area contributed by atoms with E-state index in [1.54, 1.807) is 20.3 Å². The molecule has 2 aliphatic heterocycles. The number of phenols is 2. The van der Waals surface area contributed by atoms with Gasteiger partial charge < -0.3 is 24.8 Å². The van der Waals surface area contributed by atoms with Crippen LogP contribution in [-0.2, 0) is 13.0 Å². The van der Waals surface area contributed by atoms with Crippen molar-refractivity contribution in [2.24, 2.45) is 0 Å². The Morgan fingerprint density at radius 3 is 2.14 bits per heavy atom. The second-order valence-corrected chi connectivity index (χ2v) is 9.26. The summed E-state index contributed by atoms with van der Waals surface area (Å²) in [5, 5.41) is 31.9. The molecule has 3 N–H and O–H groups in total. The number of aromatic carboxylic acids is 1. The third-order valence-electron chi connectivity index (χ3n) is 7.25. The van der Waals surface area contributed by atoms with Gasteiger partial charge in [-0.3, -0.25) is 4.90 Å². The van der Waals surface area contributed by atoms with Crippen molar-refractivity contribution in [3.05, 3.63) is 71.3 Å². The lowest BCUT2D eigenvalue weighted by Gasteiger charge is -2.33. The van der Waals surface area contributed by atoms with Crippen LogP contribution in [0.4, 0.5) is 0 Å². The van der Waals surface area contributed by atoms with Gasteiger partial charge >= 0.3 is 5.97 Å². The number of aromatic hydroxyl groups is 2. The molecule has 2 heterocycles. The van der Waals surface area contributed by atoms with Gasteiger partial charge in [0.2, 0.25) is 0 Å². The van der Waals surface area contributed by atoms with Crippen LogP contribution in [0.15, 0.2) is 54.6 Å². The molecule has 2 aliphatic rings. The van der Waals surface area contributed by atoms with E-state index in [0.29, 0.717) is 11.8 Å². The molecule has 0 amide bonds. The van der Waals surface area contributed by atoms with Crippen molar-refractivity contribution in [1.29, 1.82) is 0 Å². The number of hydrogen-bond acceptors (Lipinski definition) is 6. The van der Waals surface area contributed by atoms with Crippen molar-refractivity contribution in [1.82, 2.24) is 4.90 Å². The Kier molecular flexibility index (Phi) is 6.33. The second-order valence-electron chi connectivity index (χ2n) is 9.26. The van der Waals surface area contributed by atoms with E-state index in [0.717, 1.165) is 35.2 Å². The average molecular weight is 488 g/mol. The number of carboxylic acid groups (broad SMARTS) is 1. The largest absolute Gasteiger partial charge is 0.508 e. The number of benzene rings is 4. The molecule has 0 aromatic heterocycles. The van der Waals surface area contributed by atoms with Gasteiger partial charge in [0.15, 0.2) is 11.5 Å². The Balaban J connectivity index is 0.000000226. The monoisotopic (exact) mass is 487 g/mol. The summed E-state index contributed by atoms with van der Waals surface area (Å²) in [7, 11) is 3.35. The van der Waals surface area contributed by atoms with Gasteiger partial charge in [0.1, 0.15) is 11.5 Å². The Labute approximate surface area is 209 Å². The van der Waals surface area contributed by atoms with Crippen molar-refractivity contribution in [3.8, 4) is 23.0 Å². The fraction of sp³-hybridized carbons (Fsp3) is 0.276. The lowest BCUT2D eigenvalue weighted by molar-refractivity contribution is 0.0697. The van der Waals surface area contributed by atoms with Crippen molar-refractivity contribution in [2.75, 3.05) is 20.8 Å². The fourth-order valence-corrected chi connectivity index (χ4v) is 5.49. The fourth-order valence-electron chi connectivity index (χ4n) is 5.49. The van der Waals surface area contributed by atoms with Crippen molar-refractivity contribution < 1.29 is 29.6 Å². The SMILES string of the molecule is COc1cc2c3c(c4ccc(O)cc4c2cc1OC)CN1CCC[C@H]1C3.O=C(O)c1ccc(O)cc1. The Morgan fingerprint density at radius 2 is 1.47 bits per heavy atom. The minimum absolute atomic E-state index is 0.0741. The van der Waals surface area contributed by atoms with Gasteiger partial charge in [-0.05, 0) is 107 Å². The normalized spacial score (nSPS) is 16.7. The zero-order valence-corrected chi connectivity index (χ0v) is 20.3. The molecule has 0 saturated carbocycles.